The second kappa shape index (κ2) is 12.4. The molecule has 1 aliphatic carbocycles. The molecule has 0 atom stereocenters. The first kappa shape index (κ1) is 28.8. The molecular formula is C32H33ClN2O5S. The fourth-order valence-electron chi connectivity index (χ4n) is 5.61. The number of amides is 2. The predicted octanol–water partition coefficient (Wildman–Crippen LogP) is 7.80. The molecular weight excluding hydrogens is 560 g/mol. The van der Waals surface area contributed by atoms with E-state index >= 15 is 0 Å². The number of hydrogen-bond donors (Lipinski definition) is 1. The van der Waals surface area contributed by atoms with Gasteiger partial charge in [-0.1, -0.05) is 48.0 Å². The number of carboxylic acid groups (broad SMARTS) is 1. The molecule has 1 N–H and O–H groups in total. The number of nitrogens with zero attached hydrogens (tertiary/aromatic N) is 2. The number of methoxy groups -OCH3 is 2. The van der Waals surface area contributed by atoms with Crippen molar-refractivity contribution in [3.63, 3.8) is 0 Å². The van der Waals surface area contributed by atoms with Crippen LogP contribution in [0.5, 0.6) is 11.5 Å². The molecule has 1 heterocycles. The number of fused-ring (bicyclic) bond motifs is 1. The molecule has 3 aromatic carbocycles. The van der Waals surface area contributed by atoms with Gasteiger partial charge in [-0.25, -0.2) is 4.79 Å². The molecule has 0 unspecified atom stereocenters. The van der Waals surface area contributed by atoms with Gasteiger partial charge in [0.1, 0.15) is 16.4 Å². The van der Waals surface area contributed by atoms with Crippen LogP contribution in [0.2, 0.25) is 5.02 Å². The quantitative estimate of drug-likeness (QED) is 0.226. The highest BCUT2D eigenvalue weighted by Crippen LogP contribution is 2.38. The summed E-state index contributed by atoms with van der Waals surface area (Å²) < 4.78 is 12.0. The Hall–Kier alpha value is -3.75. The van der Waals surface area contributed by atoms with Gasteiger partial charge in [-0.3, -0.25) is 4.79 Å². The SMILES string of the molecule is COc1ccc(-c2ccc(OC)c(CN(C(=O)c3sc4ccccc4c3Cl)C3CCC(N(C)C(=O)O)CC3)c2)cc1. The van der Waals surface area contributed by atoms with Crippen molar-refractivity contribution >= 4 is 45.0 Å². The fourth-order valence-corrected chi connectivity index (χ4v) is 7.08. The predicted molar refractivity (Wildman–Crippen MR) is 164 cm³/mol. The van der Waals surface area contributed by atoms with E-state index < -0.39 is 6.09 Å². The molecule has 0 bridgehead atoms. The number of rotatable bonds is 8. The monoisotopic (exact) mass is 592 g/mol. The Balaban J connectivity index is 1.50. The first-order valence-electron chi connectivity index (χ1n) is 13.6. The average molecular weight is 593 g/mol. The normalized spacial score (nSPS) is 16.8. The number of thiophene rings is 1. The van der Waals surface area contributed by atoms with E-state index in [4.69, 9.17) is 21.1 Å². The van der Waals surface area contributed by atoms with Crippen molar-refractivity contribution in [1.29, 1.82) is 0 Å². The molecule has 1 aromatic heterocycles. The van der Waals surface area contributed by atoms with Crippen LogP contribution in [-0.2, 0) is 6.54 Å². The third-order valence-corrected chi connectivity index (χ3v) is 9.65. The van der Waals surface area contributed by atoms with Gasteiger partial charge < -0.3 is 24.4 Å². The zero-order valence-corrected chi connectivity index (χ0v) is 24.9. The largest absolute Gasteiger partial charge is 0.497 e. The molecule has 9 heteroatoms. The first-order chi connectivity index (χ1) is 19.8. The zero-order chi connectivity index (χ0) is 29.1. The van der Waals surface area contributed by atoms with E-state index in [1.54, 1.807) is 21.3 Å². The van der Waals surface area contributed by atoms with Gasteiger partial charge in [0, 0.05) is 41.3 Å². The molecule has 5 rings (SSSR count). The number of carbonyl (C=O) groups is 2. The van der Waals surface area contributed by atoms with Gasteiger partial charge in [0.05, 0.1) is 19.2 Å². The molecule has 0 spiro atoms. The summed E-state index contributed by atoms with van der Waals surface area (Å²) in [6, 6.07) is 21.5. The minimum absolute atomic E-state index is 0.0680. The van der Waals surface area contributed by atoms with E-state index in [1.807, 2.05) is 65.6 Å². The van der Waals surface area contributed by atoms with Crippen LogP contribution in [0.15, 0.2) is 66.7 Å². The summed E-state index contributed by atoms with van der Waals surface area (Å²) in [6.45, 7) is 0.334. The fraction of sp³-hybridized carbons (Fsp3) is 0.312. The standard InChI is InChI=1S/C32H33ClN2O5S/c1-34(32(37)38)23-11-13-24(14-12-23)35(31(36)30-29(33)26-6-4-5-7-28(26)41-30)19-22-18-21(10-17-27(22)40-3)20-8-15-25(39-2)16-9-20/h4-10,15-18,23-24H,11-14,19H2,1-3H3,(H,37,38). The van der Waals surface area contributed by atoms with Gasteiger partial charge in [0.25, 0.3) is 5.91 Å². The Morgan fingerprint density at radius 2 is 1.59 bits per heavy atom. The maximum absolute atomic E-state index is 14.3. The number of hydrogen-bond acceptors (Lipinski definition) is 5. The molecule has 1 saturated carbocycles. The van der Waals surface area contributed by atoms with Crippen molar-refractivity contribution in [3.8, 4) is 22.6 Å². The van der Waals surface area contributed by atoms with Crippen LogP contribution in [-0.4, -0.2) is 60.3 Å². The molecule has 1 fully saturated rings. The van der Waals surface area contributed by atoms with E-state index in [9.17, 15) is 14.7 Å². The molecule has 7 nitrogen and oxygen atoms in total. The van der Waals surface area contributed by atoms with Crippen molar-refractivity contribution in [2.24, 2.45) is 0 Å². The summed E-state index contributed by atoms with van der Waals surface area (Å²) in [5, 5.41) is 10.8. The highest BCUT2D eigenvalue weighted by molar-refractivity contribution is 7.21. The van der Waals surface area contributed by atoms with Gasteiger partial charge in [0.15, 0.2) is 0 Å². The maximum atomic E-state index is 14.3. The topological polar surface area (TPSA) is 79.3 Å². The number of halogens is 1. The minimum Gasteiger partial charge on any atom is -0.497 e. The summed E-state index contributed by atoms with van der Waals surface area (Å²) in [6.07, 6.45) is 1.81. The van der Waals surface area contributed by atoms with Crippen molar-refractivity contribution < 1.29 is 24.2 Å². The number of ether oxygens (including phenoxy) is 2. The van der Waals surface area contributed by atoms with Crippen LogP contribution >= 0.6 is 22.9 Å². The van der Waals surface area contributed by atoms with E-state index in [0.717, 1.165) is 32.5 Å². The Labute approximate surface area is 248 Å². The van der Waals surface area contributed by atoms with Gasteiger partial charge in [-0.05, 0) is 67.1 Å². The van der Waals surface area contributed by atoms with Gasteiger partial charge >= 0.3 is 6.09 Å². The van der Waals surface area contributed by atoms with Crippen molar-refractivity contribution in [3.05, 3.63) is 82.2 Å². The Kier molecular flexibility index (Phi) is 8.71. The average Bonchev–Trinajstić information content (AvgIpc) is 3.35. The molecule has 1 aliphatic rings. The Bertz CT molecular complexity index is 1550. The third-order valence-electron chi connectivity index (χ3n) is 7.99. The minimum atomic E-state index is -0.932. The lowest BCUT2D eigenvalue weighted by atomic mass is 9.89. The van der Waals surface area contributed by atoms with Gasteiger partial charge in [-0.15, -0.1) is 11.3 Å². The lowest BCUT2D eigenvalue weighted by Crippen LogP contribution is -2.46. The highest BCUT2D eigenvalue weighted by atomic mass is 35.5. The van der Waals surface area contributed by atoms with Crippen LogP contribution in [0.3, 0.4) is 0 Å². The molecule has 0 saturated heterocycles. The third kappa shape index (κ3) is 5.99. The van der Waals surface area contributed by atoms with E-state index in [2.05, 4.69) is 6.07 Å². The van der Waals surface area contributed by atoms with Crippen LogP contribution in [0.4, 0.5) is 4.79 Å². The second-order valence-electron chi connectivity index (χ2n) is 10.3. The molecule has 4 aromatic rings. The summed E-state index contributed by atoms with van der Waals surface area (Å²) in [7, 11) is 4.89. The summed E-state index contributed by atoms with van der Waals surface area (Å²) >= 11 is 8.19. The molecule has 41 heavy (non-hydrogen) atoms. The first-order valence-corrected chi connectivity index (χ1v) is 14.7. The van der Waals surface area contributed by atoms with Gasteiger partial charge in [-0.2, -0.15) is 0 Å². The van der Waals surface area contributed by atoms with Gasteiger partial charge in [0.2, 0.25) is 0 Å². The number of carbonyl (C=O) groups excluding carboxylic acids is 1. The van der Waals surface area contributed by atoms with Crippen molar-refractivity contribution in [1.82, 2.24) is 9.80 Å². The van der Waals surface area contributed by atoms with E-state index in [-0.39, 0.29) is 18.0 Å². The summed E-state index contributed by atoms with van der Waals surface area (Å²) in [4.78, 5) is 29.6. The summed E-state index contributed by atoms with van der Waals surface area (Å²) in [5.41, 5.74) is 2.91. The van der Waals surface area contributed by atoms with Crippen LogP contribution in [0.1, 0.15) is 40.9 Å². The lowest BCUT2D eigenvalue weighted by Gasteiger charge is -2.39. The second-order valence-corrected chi connectivity index (χ2v) is 11.7. The maximum Gasteiger partial charge on any atom is 0.407 e. The van der Waals surface area contributed by atoms with Crippen molar-refractivity contribution in [2.75, 3.05) is 21.3 Å². The lowest BCUT2D eigenvalue weighted by molar-refractivity contribution is 0.0555. The highest BCUT2D eigenvalue weighted by Gasteiger charge is 2.34. The van der Waals surface area contributed by atoms with E-state index in [1.165, 1.54) is 16.2 Å². The van der Waals surface area contributed by atoms with Crippen LogP contribution in [0.25, 0.3) is 21.2 Å². The molecule has 214 valence electrons. The van der Waals surface area contributed by atoms with Crippen molar-refractivity contribution in [2.45, 2.75) is 44.3 Å². The van der Waals surface area contributed by atoms with Crippen LogP contribution < -0.4 is 9.47 Å². The molecule has 0 radical (unpaired) electrons. The van der Waals surface area contributed by atoms with Crippen LogP contribution in [0, 0.1) is 0 Å². The number of benzene rings is 3. The Morgan fingerprint density at radius 3 is 2.22 bits per heavy atom. The van der Waals surface area contributed by atoms with E-state index in [0.29, 0.717) is 47.9 Å². The zero-order valence-electron chi connectivity index (χ0n) is 23.3. The molecule has 0 aliphatic heterocycles. The molecule has 2 amide bonds. The summed E-state index contributed by atoms with van der Waals surface area (Å²) in [5.74, 6) is 1.36. The Morgan fingerprint density at radius 1 is 0.927 bits per heavy atom. The smallest absolute Gasteiger partial charge is 0.407 e.